The van der Waals surface area contributed by atoms with Gasteiger partial charge in [0.2, 0.25) is 5.78 Å². The number of nitro benzene ring substituents is 1. The third kappa shape index (κ3) is 4.33. The van der Waals surface area contributed by atoms with Crippen LogP contribution in [-0.2, 0) is 19.1 Å². The minimum Gasteiger partial charge on any atom is -0.468 e. The van der Waals surface area contributed by atoms with Crippen LogP contribution >= 0.6 is 22.9 Å². The van der Waals surface area contributed by atoms with E-state index in [0.717, 1.165) is 18.4 Å². The number of non-ortho nitro benzene ring substituents is 1. The lowest BCUT2D eigenvalue weighted by molar-refractivity contribution is -0.384. The van der Waals surface area contributed by atoms with Crippen molar-refractivity contribution in [3.8, 4) is 0 Å². The number of esters is 1. The summed E-state index contributed by atoms with van der Waals surface area (Å²) in [6.07, 6.45) is 0. The number of Topliss-reactive ketones (excluding diaryl/α,β-unsaturated/α-hetero) is 1. The highest BCUT2D eigenvalue weighted by Crippen LogP contribution is 2.29. The molecule has 2 N–H and O–H groups in total. The van der Waals surface area contributed by atoms with Crippen LogP contribution in [0.2, 0.25) is 5.02 Å². The maximum absolute atomic E-state index is 12.9. The van der Waals surface area contributed by atoms with Gasteiger partial charge < -0.3 is 9.72 Å². The Morgan fingerprint density at radius 2 is 1.91 bits per heavy atom. The quantitative estimate of drug-likeness (QED) is 0.132. The Morgan fingerprint density at radius 1 is 1.18 bits per heavy atom. The van der Waals surface area contributed by atoms with E-state index in [4.69, 9.17) is 11.6 Å². The molecule has 0 saturated carbocycles. The second-order valence-corrected chi connectivity index (χ2v) is 8.28. The summed E-state index contributed by atoms with van der Waals surface area (Å²) in [7, 11) is 0.996. The molecule has 0 fully saturated rings. The van der Waals surface area contributed by atoms with Gasteiger partial charge in [-0.15, -0.1) is 0 Å². The van der Waals surface area contributed by atoms with Crippen LogP contribution in [0, 0.1) is 10.1 Å². The summed E-state index contributed by atoms with van der Waals surface area (Å²) in [5, 5.41) is 13.5. The van der Waals surface area contributed by atoms with E-state index in [-0.39, 0.29) is 21.9 Å². The van der Waals surface area contributed by atoms with E-state index >= 15 is 0 Å². The van der Waals surface area contributed by atoms with Gasteiger partial charge in [0.1, 0.15) is 5.69 Å². The molecule has 1 amide bonds. The molecule has 0 aliphatic carbocycles. The smallest absolute Gasteiger partial charge is 0.323 e. The van der Waals surface area contributed by atoms with Crippen molar-refractivity contribution in [2.24, 2.45) is 0 Å². The molecule has 34 heavy (non-hydrogen) atoms. The first-order valence-corrected chi connectivity index (χ1v) is 10.5. The average molecular weight is 502 g/mol. The Labute approximate surface area is 197 Å². The molecule has 0 aliphatic heterocycles. The van der Waals surface area contributed by atoms with Gasteiger partial charge in [0.25, 0.3) is 17.2 Å². The van der Waals surface area contributed by atoms with Gasteiger partial charge >= 0.3 is 5.97 Å². The number of thiazole rings is 1. The summed E-state index contributed by atoms with van der Waals surface area (Å²) in [5.41, 5.74) is -0.715. The van der Waals surface area contributed by atoms with Crippen LogP contribution in [0.4, 0.5) is 10.8 Å². The van der Waals surface area contributed by atoms with Crippen LogP contribution in [0.3, 0.4) is 0 Å². The number of hydrogen-bond acceptors (Lipinski definition) is 10. The standard InChI is InChI=1S/C20H12ClN5O7S/c1-33-19(30)14(15-17(28)23-12-6-8(21)2-4-10(12)22-15)16(27)18(29)25-20-24-11-5-3-9(26(31)32)7-13(11)34-20/h2-7,14H,1H3,(H,23,28)(H,24,25,29)/t14-/m0/s1. The second kappa shape index (κ2) is 8.96. The fourth-order valence-corrected chi connectivity index (χ4v) is 4.17. The third-order valence-corrected chi connectivity index (χ3v) is 5.85. The van der Waals surface area contributed by atoms with Crippen molar-refractivity contribution in [2.75, 3.05) is 12.4 Å². The van der Waals surface area contributed by atoms with Crippen LogP contribution in [0.15, 0.2) is 41.2 Å². The minimum atomic E-state index is -1.94. The Kier molecular flexibility index (Phi) is 6.04. The van der Waals surface area contributed by atoms with Crippen molar-refractivity contribution in [1.82, 2.24) is 15.0 Å². The largest absolute Gasteiger partial charge is 0.468 e. The van der Waals surface area contributed by atoms with Gasteiger partial charge in [0, 0.05) is 17.2 Å². The molecular weight excluding hydrogens is 490 g/mol. The summed E-state index contributed by atoms with van der Waals surface area (Å²) >= 11 is 6.79. The molecule has 4 aromatic rings. The van der Waals surface area contributed by atoms with Crippen molar-refractivity contribution >= 4 is 72.7 Å². The van der Waals surface area contributed by atoms with E-state index in [2.05, 4.69) is 25.0 Å². The Hall–Kier alpha value is -4.23. The predicted molar refractivity (Wildman–Crippen MR) is 122 cm³/mol. The van der Waals surface area contributed by atoms with Gasteiger partial charge in [-0.2, -0.15) is 0 Å². The molecule has 2 heterocycles. The van der Waals surface area contributed by atoms with E-state index in [9.17, 15) is 29.3 Å². The van der Waals surface area contributed by atoms with E-state index in [0.29, 0.717) is 15.2 Å². The number of carbonyl (C=O) groups is 3. The van der Waals surface area contributed by atoms with Crippen LogP contribution in [0.25, 0.3) is 21.3 Å². The average Bonchev–Trinajstić information content (AvgIpc) is 3.20. The molecule has 0 unspecified atom stereocenters. The van der Waals surface area contributed by atoms with Gasteiger partial charge in [-0.05, 0) is 24.3 Å². The molecule has 4 rings (SSSR count). The molecule has 0 radical (unpaired) electrons. The zero-order valence-electron chi connectivity index (χ0n) is 17.0. The van der Waals surface area contributed by atoms with Crippen molar-refractivity contribution in [3.63, 3.8) is 0 Å². The van der Waals surface area contributed by atoms with E-state index in [1.165, 1.54) is 36.4 Å². The summed E-state index contributed by atoms with van der Waals surface area (Å²) < 4.78 is 5.02. The number of methoxy groups -OCH3 is 1. The molecule has 12 nitrogen and oxygen atoms in total. The fraction of sp³-hybridized carbons (Fsp3) is 0.100. The number of amides is 1. The minimum absolute atomic E-state index is 0.0347. The SMILES string of the molecule is COC(=O)[C@H](C(=O)C(=O)Nc1nc2ccc([N+](=O)[O-])cc2s1)c1nc2ccc(Cl)cc2[nH]c1=O. The lowest BCUT2D eigenvalue weighted by atomic mass is 9.99. The number of benzene rings is 2. The molecule has 0 aliphatic rings. The van der Waals surface area contributed by atoms with E-state index in [1.807, 2.05) is 0 Å². The number of ether oxygens (including phenoxy) is 1. The number of ketones is 1. The van der Waals surface area contributed by atoms with Crippen LogP contribution in [-0.4, -0.2) is 44.6 Å². The summed E-state index contributed by atoms with van der Waals surface area (Å²) in [6.45, 7) is 0. The molecule has 0 saturated heterocycles. The number of hydrogen-bond donors (Lipinski definition) is 2. The summed E-state index contributed by atoms with van der Waals surface area (Å²) in [5.74, 6) is -5.65. The van der Waals surface area contributed by atoms with Gasteiger partial charge in [-0.3, -0.25) is 34.6 Å². The number of fused-ring (bicyclic) bond motifs is 2. The number of aromatic amines is 1. The van der Waals surface area contributed by atoms with Crippen LogP contribution in [0.5, 0.6) is 0 Å². The number of aromatic nitrogens is 3. The highest BCUT2D eigenvalue weighted by Gasteiger charge is 2.38. The predicted octanol–water partition coefficient (Wildman–Crippen LogP) is 2.56. The molecule has 14 heteroatoms. The number of nitrogens with one attached hydrogen (secondary N) is 2. The van der Waals surface area contributed by atoms with Crippen LogP contribution in [0.1, 0.15) is 11.6 Å². The first-order valence-electron chi connectivity index (χ1n) is 9.35. The molecule has 2 aromatic carbocycles. The van der Waals surface area contributed by atoms with Gasteiger partial charge in [0.05, 0.1) is 33.3 Å². The lowest BCUT2D eigenvalue weighted by Gasteiger charge is -2.12. The molecule has 1 atom stereocenters. The topological polar surface area (TPSA) is 174 Å². The highest BCUT2D eigenvalue weighted by molar-refractivity contribution is 7.22. The molecule has 0 spiro atoms. The molecule has 172 valence electrons. The third-order valence-electron chi connectivity index (χ3n) is 4.68. The molecule has 0 bridgehead atoms. The summed E-state index contributed by atoms with van der Waals surface area (Å²) in [4.78, 5) is 71.5. The molecular formula is C20H12ClN5O7S. The Balaban J connectivity index is 1.67. The fourth-order valence-electron chi connectivity index (χ4n) is 3.10. The number of halogens is 1. The van der Waals surface area contributed by atoms with Gasteiger partial charge in [-0.25, -0.2) is 9.97 Å². The van der Waals surface area contributed by atoms with E-state index in [1.54, 1.807) is 0 Å². The van der Waals surface area contributed by atoms with Crippen molar-refractivity contribution in [3.05, 3.63) is 67.6 Å². The van der Waals surface area contributed by atoms with Crippen LogP contribution < -0.4 is 10.9 Å². The normalized spacial score (nSPS) is 11.8. The van der Waals surface area contributed by atoms with Crippen molar-refractivity contribution in [2.45, 2.75) is 5.92 Å². The summed E-state index contributed by atoms with van der Waals surface area (Å²) in [6, 6.07) is 8.32. The first kappa shape index (κ1) is 22.9. The van der Waals surface area contributed by atoms with Crippen molar-refractivity contribution < 1.29 is 24.0 Å². The maximum Gasteiger partial charge on any atom is 0.323 e. The van der Waals surface area contributed by atoms with E-state index < -0.39 is 39.8 Å². The monoisotopic (exact) mass is 501 g/mol. The zero-order valence-corrected chi connectivity index (χ0v) is 18.6. The number of rotatable bonds is 6. The van der Waals surface area contributed by atoms with Gasteiger partial charge in [0.15, 0.2) is 11.0 Å². The number of anilines is 1. The number of H-pyrrole nitrogens is 1. The second-order valence-electron chi connectivity index (χ2n) is 6.82. The number of nitro groups is 1. The zero-order chi connectivity index (χ0) is 24.6. The highest BCUT2D eigenvalue weighted by atomic mass is 35.5. The van der Waals surface area contributed by atoms with Crippen molar-refractivity contribution in [1.29, 1.82) is 0 Å². The van der Waals surface area contributed by atoms with Gasteiger partial charge in [-0.1, -0.05) is 22.9 Å². The lowest BCUT2D eigenvalue weighted by Crippen LogP contribution is -2.37. The molecule has 2 aromatic heterocycles. The number of carbonyl (C=O) groups excluding carboxylic acids is 3. The first-order chi connectivity index (χ1) is 16.2. The maximum atomic E-state index is 12.9. The Bertz CT molecular complexity index is 1560. The Morgan fingerprint density at radius 3 is 2.62 bits per heavy atom. The number of nitrogens with zero attached hydrogens (tertiary/aromatic N) is 3.